The van der Waals surface area contributed by atoms with Crippen molar-refractivity contribution in [3.63, 3.8) is 0 Å². The fourth-order valence-corrected chi connectivity index (χ4v) is 3.57. The maximum Gasteiger partial charge on any atom is 0.271 e. The number of hydrazone groups is 1. The number of phenolic OH excluding ortho intramolecular Hbond substituents is 2. The monoisotopic (exact) mass is 445 g/mol. The molecule has 0 heterocycles. The van der Waals surface area contributed by atoms with Gasteiger partial charge in [0.05, 0.1) is 11.1 Å². The first-order valence-corrected chi connectivity index (χ1v) is 10.3. The van der Waals surface area contributed by atoms with Crippen LogP contribution in [0.3, 0.4) is 0 Å². The number of hydrogen-bond donors (Lipinski definition) is 4. The van der Waals surface area contributed by atoms with Crippen LogP contribution in [0.2, 0.25) is 5.02 Å². The third kappa shape index (κ3) is 5.28. The van der Waals surface area contributed by atoms with Crippen molar-refractivity contribution in [2.75, 3.05) is 4.72 Å². The van der Waals surface area contributed by atoms with Gasteiger partial charge in [0.1, 0.15) is 11.5 Å². The zero-order valence-electron chi connectivity index (χ0n) is 15.3. The quantitative estimate of drug-likeness (QED) is 0.342. The second-order valence-electron chi connectivity index (χ2n) is 6.08. The van der Waals surface area contributed by atoms with Gasteiger partial charge < -0.3 is 10.2 Å². The van der Waals surface area contributed by atoms with E-state index in [1.807, 2.05) is 0 Å². The average Bonchev–Trinajstić information content (AvgIpc) is 2.70. The molecule has 0 aliphatic rings. The molecule has 1 amide bonds. The van der Waals surface area contributed by atoms with Gasteiger partial charge in [-0.15, -0.1) is 0 Å². The van der Waals surface area contributed by atoms with Crippen LogP contribution in [0.4, 0.5) is 5.69 Å². The Hall–Kier alpha value is -3.56. The number of halogens is 1. The first kappa shape index (κ1) is 21.2. The molecule has 30 heavy (non-hydrogen) atoms. The molecule has 0 fully saturated rings. The van der Waals surface area contributed by atoms with Gasteiger partial charge in [-0.25, -0.2) is 13.8 Å². The molecule has 0 saturated carbocycles. The third-order valence-electron chi connectivity index (χ3n) is 3.91. The Kier molecular flexibility index (Phi) is 6.24. The molecule has 0 unspecified atom stereocenters. The number of rotatable bonds is 6. The Balaban J connectivity index is 1.64. The van der Waals surface area contributed by atoms with Gasteiger partial charge in [-0.05, 0) is 60.7 Å². The Morgan fingerprint density at radius 3 is 2.27 bits per heavy atom. The minimum atomic E-state index is -3.79. The number of sulfonamides is 1. The molecular weight excluding hydrogens is 430 g/mol. The van der Waals surface area contributed by atoms with Gasteiger partial charge in [0.15, 0.2) is 0 Å². The number of phenols is 2. The van der Waals surface area contributed by atoms with Crippen LogP contribution in [0.25, 0.3) is 0 Å². The molecule has 0 spiro atoms. The Morgan fingerprint density at radius 1 is 0.967 bits per heavy atom. The lowest BCUT2D eigenvalue weighted by molar-refractivity contribution is 0.0955. The number of amides is 1. The van der Waals surface area contributed by atoms with Crippen LogP contribution in [-0.4, -0.2) is 30.8 Å². The molecule has 4 N–H and O–H groups in total. The lowest BCUT2D eigenvalue weighted by Gasteiger charge is -2.09. The maximum atomic E-state index is 12.4. The smallest absolute Gasteiger partial charge is 0.271 e. The fraction of sp³-hybridized carbons (Fsp3) is 0. The van der Waals surface area contributed by atoms with Gasteiger partial charge in [-0.1, -0.05) is 11.6 Å². The number of hydrogen-bond acceptors (Lipinski definition) is 6. The van der Waals surface area contributed by atoms with Gasteiger partial charge in [-0.2, -0.15) is 5.10 Å². The molecular formula is C20H16ClN3O5S. The molecule has 0 bridgehead atoms. The number of aromatic hydroxyl groups is 2. The summed E-state index contributed by atoms with van der Waals surface area (Å²) in [6, 6.07) is 15.4. The second kappa shape index (κ2) is 8.85. The van der Waals surface area contributed by atoms with Crippen molar-refractivity contribution in [3.8, 4) is 11.5 Å². The summed E-state index contributed by atoms with van der Waals surface area (Å²) < 4.78 is 27.2. The maximum absolute atomic E-state index is 12.4. The number of benzene rings is 3. The van der Waals surface area contributed by atoms with E-state index in [0.29, 0.717) is 10.6 Å². The molecule has 8 nitrogen and oxygen atoms in total. The fourth-order valence-electron chi connectivity index (χ4n) is 2.38. The van der Waals surface area contributed by atoms with E-state index in [0.717, 1.165) is 6.07 Å². The summed E-state index contributed by atoms with van der Waals surface area (Å²) in [5.74, 6) is -0.817. The van der Waals surface area contributed by atoms with Gasteiger partial charge >= 0.3 is 0 Å². The minimum absolute atomic E-state index is 0.0561. The van der Waals surface area contributed by atoms with Crippen molar-refractivity contribution in [1.29, 1.82) is 0 Å². The molecule has 154 valence electrons. The van der Waals surface area contributed by atoms with Crippen molar-refractivity contribution in [2.45, 2.75) is 4.90 Å². The molecule has 0 aliphatic heterocycles. The molecule has 0 aromatic heterocycles. The van der Waals surface area contributed by atoms with Crippen LogP contribution < -0.4 is 10.1 Å². The van der Waals surface area contributed by atoms with Crippen LogP contribution in [0.5, 0.6) is 11.5 Å². The number of carbonyl (C=O) groups excluding carboxylic acids is 1. The van der Waals surface area contributed by atoms with Gasteiger partial charge in [0.2, 0.25) is 0 Å². The van der Waals surface area contributed by atoms with Crippen molar-refractivity contribution in [1.82, 2.24) is 5.43 Å². The van der Waals surface area contributed by atoms with Crippen LogP contribution >= 0.6 is 11.6 Å². The van der Waals surface area contributed by atoms with E-state index in [2.05, 4.69) is 15.2 Å². The van der Waals surface area contributed by atoms with E-state index < -0.39 is 15.9 Å². The van der Waals surface area contributed by atoms with Crippen LogP contribution in [0, 0.1) is 0 Å². The lowest BCUT2D eigenvalue weighted by Crippen LogP contribution is -2.18. The summed E-state index contributed by atoms with van der Waals surface area (Å²) in [4.78, 5) is 12.2. The molecule has 0 saturated heterocycles. The van der Waals surface area contributed by atoms with E-state index in [4.69, 9.17) is 11.6 Å². The van der Waals surface area contributed by atoms with Crippen LogP contribution in [0.15, 0.2) is 76.7 Å². The molecule has 3 aromatic rings. The van der Waals surface area contributed by atoms with E-state index in [1.54, 1.807) is 0 Å². The Bertz CT molecular complexity index is 1190. The Labute approximate surface area is 177 Å². The summed E-state index contributed by atoms with van der Waals surface area (Å²) in [5, 5.41) is 23.1. The lowest BCUT2D eigenvalue weighted by atomic mass is 10.2. The molecule has 3 rings (SSSR count). The first-order valence-electron chi connectivity index (χ1n) is 8.48. The summed E-state index contributed by atoms with van der Waals surface area (Å²) in [6.45, 7) is 0. The van der Waals surface area contributed by atoms with Crippen LogP contribution in [0.1, 0.15) is 15.9 Å². The number of anilines is 1. The molecule has 0 radical (unpaired) electrons. The second-order valence-corrected chi connectivity index (χ2v) is 8.20. The average molecular weight is 446 g/mol. The highest BCUT2D eigenvalue weighted by Crippen LogP contribution is 2.21. The number of nitrogens with one attached hydrogen (secondary N) is 2. The molecule has 3 aromatic carbocycles. The van der Waals surface area contributed by atoms with Crippen molar-refractivity contribution in [3.05, 3.63) is 82.9 Å². The van der Waals surface area contributed by atoms with Crippen molar-refractivity contribution >= 4 is 39.4 Å². The summed E-state index contributed by atoms with van der Waals surface area (Å²) in [6.07, 6.45) is 1.22. The minimum Gasteiger partial charge on any atom is -0.508 e. The summed E-state index contributed by atoms with van der Waals surface area (Å²) in [5.41, 5.74) is 3.12. The Morgan fingerprint density at radius 2 is 1.63 bits per heavy atom. The summed E-state index contributed by atoms with van der Waals surface area (Å²) in [7, 11) is -3.79. The van der Waals surface area contributed by atoms with E-state index >= 15 is 0 Å². The highest BCUT2D eigenvalue weighted by atomic mass is 35.5. The topological polar surface area (TPSA) is 128 Å². The highest BCUT2D eigenvalue weighted by molar-refractivity contribution is 7.92. The predicted molar refractivity (Wildman–Crippen MR) is 114 cm³/mol. The number of nitrogens with zero attached hydrogens (tertiary/aromatic N) is 1. The summed E-state index contributed by atoms with van der Waals surface area (Å²) >= 11 is 5.77. The third-order valence-corrected chi connectivity index (χ3v) is 5.56. The van der Waals surface area contributed by atoms with E-state index in [-0.39, 0.29) is 27.6 Å². The molecule has 0 atom stereocenters. The number of carbonyl (C=O) groups is 1. The standard InChI is InChI=1S/C20H16ClN3O5S/c21-15-4-9-18(10-5-15)30(28,29)24-16-6-1-13(2-7-16)20(27)23-22-12-14-3-8-17(25)11-19(14)26/h1-12,24-26H,(H,23,27). The van der Waals surface area contributed by atoms with Crippen molar-refractivity contribution < 1.29 is 23.4 Å². The highest BCUT2D eigenvalue weighted by Gasteiger charge is 2.14. The first-order chi connectivity index (χ1) is 14.2. The SMILES string of the molecule is O=C(NN=Cc1ccc(O)cc1O)c1ccc(NS(=O)(=O)c2ccc(Cl)cc2)cc1. The van der Waals surface area contributed by atoms with E-state index in [1.165, 1.54) is 66.9 Å². The van der Waals surface area contributed by atoms with Gasteiger partial charge in [0.25, 0.3) is 15.9 Å². The largest absolute Gasteiger partial charge is 0.508 e. The zero-order valence-corrected chi connectivity index (χ0v) is 16.9. The van der Waals surface area contributed by atoms with Crippen molar-refractivity contribution in [2.24, 2.45) is 5.10 Å². The normalized spacial score (nSPS) is 11.4. The van der Waals surface area contributed by atoms with Crippen LogP contribution in [-0.2, 0) is 10.0 Å². The van der Waals surface area contributed by atoms with Gasteiger partial charge in [-0.3, -0.25) is 9.52 Å². The predicted octanol–water partition coefficient (Wildman–Crippen LogP) is 3.32. The molecule has 0 aliphatic carbocycles. The van der Waals surface area contributed by atoms with E-state index in [9.17, 15) is 23.4 Å². The van der Waals surface area contributed by atoms with Gasteiger partial charge in [0, 0.05) is 27.9 Å². The zero-order chi connectivity index (χ0) is 21.7. The molecule has 10 heteroatoms.